The second kappa shape index (κ2) is 10.2. The van der Waals surface area contributed by atoms with Crippen LogP contribution in [0, 0.1) is 0 Å². The molecule has 0 bridgehead atoms. The van der Waals surface area contributed by atoms with Crippen LogP contribution in [0.5, 0.6) is 0 Å². The lowest BCUT2D eigenvalue weighted by Gasteiger charge is -2.04. The first-order chi connectivity index (χ1) is 14.5. The lowest BCUT2D eigenvalue weighted by molar-refractivity contribution is -0.141. The average molecular weight is 445 g/mol. The topological polar surface area (TPSA) is 87.0 Å². The summed E-state index contributed by atoms with van der Waals surface area (Å²) in [5, 5.41) is 0. The van der Waals surface area contributed by atoms with Gasteiger partial charge in [-0.2, -0.15) is 4.99 Å². The number of thioether (sulfide) groups is 1. The molecule has 1 amide bonds. The number of fused-ring (bicyclic) bond motifs is 1. The molecule has 0 aliphatic carbocycles. The number of esters is 2. The predicted molar refractivity (Wildman–Crippen MR) is 116 cm³/mol. The Morgan fingerprint density at radius 2 is 1.83 bits per heavy atom. The fraction of sp³-hybridized carbons (Fsp3) is 0.238. The molecule has 0 spiro atoms. The van der Waals surface area contributed by atoms with Crippen LogP contribution in [0.4, 0.5) is 0 Å². The number of benzene rings is 2. The molecule has 1 aromatic heterocycles. The lowest BCUT2D eigenvalue weighted by Crippen LogP contribution is -2.22. The van der Waals surface area contributed by atoms with Crippen molar-refractivity contribution in [3.63, 3.8) is 0 Å². The first-order valence-electron chi connectivity index (χ1n) is 9.05. The van der Waals surface area contributed by atoms with Gasteiger partial charge in [-0.05, 0) is 30.3 Å². The van der Waals surface area contributed by atoms with Crippen LogP contribution in [0.3, 0.4) is 0 Å². The van der Waals surface area contributed by atoms with Gasteiger partial charge in [0.15, 0.2) is 4.80 Å². The van der Waals surface area contributed by atoms with Crippen molar-refractivity contribution >= 4 is 51.2 Å². The SMILES string of the molecule is COC(=O)Cn1c(=NC(=O)CCSc2ccccc2)sc2cc(C(=O)OC)ccc21. The van der Waals surface area contributed by atoms with Crippen molar-refractivity contribution in [2.75, 3.05) is 20.0 Å². The smallest absolute Gasteiger partial charge is 0.337 e. The summed E-state index contributed by atoms with van der Waals surface area (Å²) in [5.74, 6) is -0.602. The number of carbonyl (C=O) groups excluding carboxylic acids is 3. The van der Waals surface area contributed by atoms with Crippen LogP contribution in [0.15, 0.2) is 58.4 Å². The molecule has 0 aliphatic heterocycles. The molecule has 1 heterocycles. The molecule has 0 radical (unpaired) electrons. The van der Waals surface area contributed by atoms with E-state index in [0.717, 1.165) is 4.90 Å². The minimum absolute atomic E-state index is 0.0844. The summed E-state index contributed by atoms with van der Waals surface area (Å²) in [7, 11) is 2.61. The molecule has 0 N–H and O–H groups in total. The molecule has 3 aromatic rings. The zero-order valence-corrected chi connectivity index (χ0v) is 18.1. The molecule has 0 saturated carbocycles. The predicted octanol–water partition coefficient (Wildman–Crippen LogP) is 3.27. The molecule has 0 saturated heterocycles. The van der Waals surface area contributed by atoms with Gasteiger partial charge < -0.3 is 14.0 Å². The van der Waals surface area contributed by atoms with Gasteiger partial charge in [0.1, 0.15) is 6.54 Å². The minimum atomic E-state index is -0.461. The van der Waals surface area contributed by atoms with Gasteiger partial charge in [0.05, 0.1) is 30.0 Å². The van der Waals surface area contributed by atoms with E-state index in [1.165, 1.54) is 25.6 Å². The maximum Gasteiger partial charge on any atom is 0.337 e. The quantitative estimate of drug-likeness (QED) is 0.411. The Morgan fingerprint density at radius 3 is 2.53 bits per heavy atom. The molecule has 2 aromatic carbocycles. The van der Waals surface area contributed by atoms with E-state index in [2.05, 4.69) is 4.99 Å². The number of thiazole rings is 1. The van der Waals surface area contributed by atoms with E-state index >= 15 is 0 Å². The number of amides is 1. The summed E-state index contributed by atoms with van der Waals surface area (Å²) >= 11 is 2.81. The Labute approximate surface area is 181 Å². The second-order valence-corrected chi connectivity index (χ2v) is 8.32. The van der Waals surface area contributed by atoms with Gasteiger partial charge in [-0.25, -0.2) is 4.79 Å². The largest absolute Gasteiger partial charge is 0.468 e. The summed E-state index contributed by atoms with van der Waals surface area (Å²) in [6, 6.07) is 14.8. The number of hydrogen-bond acceptors (Lipinski definition) is 7. The van der Waals surface area contributed by atoms with Crippen LogP contribution in [-0.2, 0) is 25.6 Å². The number of ether oxygens (including phenoxy) is 2. The second-order valence-electron chi connectivity index (χ2n) is 6.14. The van der Waals surface area contributed by atoms with Crippen LogP contribution in [0.25, 0.3) is 10.2 Å². The number of aromatic nitrogens is 1. The molecule has 0 unspecified atom stereocenters. The third kappa shape index (κ3) is 5.37. The number of rotatable bonds is 7. The Kier molecular flexibility index (Phi) is 7.42. The molecular weight excluding hydrogens is 424 g/mol. The number of methoxy groups -OCH3 is 2. The van der Waals surface area contributed by atoms with Crippen molar-refractivity contribution in [1.82, 2.24) is 4.57 Å². The van der Waals surface area contributed by atoms with Crippen molar-refractivity contribution < 1.29 is 23.9 Å². The molecule has 3 rings (SSSR count). The maximum atomic E-state index is 12.4. The highest BCUT2D eigenvalue weighted by Crippen LogP contribution is 2.21. The Balaban J connectivity index is 1.87. The summed E-state index contributed by atoms with van der Waals surface area (Å²) in [5.41, 5.74) is 1.07. The third-order valence-corrected chi connectivity index (χ3v) is 6.22. The summed E-state index contributed by atoms with van der Waals surface area (Å²) < 4.78 is 11.9. The Bertz CT molecular complexity index is 1140. The minimum Gasteiger partial charge on any atom is -0.468 e. The van der Waals surface area contributed by atoms with Gasteiger partial charge in [-0.15, -0.1) is 11.8 Å². The van der Waals surface area contributed by atoms with Gasteiger partial charge in [-0.3, -0.25) is 9.59 Å². The van der Waals surface area contributed by atoms with E-state index < -0.39 is 11.9 Å². The summed E-state index contributed by atoms with van der Waals surface area (Å²) in [4.78, 5) is 41.8. The van der Waals surface area contributed by atoms with Gasteiger partial charge >= 0.3 is 11.9 Å². The van der Waals surface area contributed by atoms with Gasteiger partial charge in [0, 0.05) is 17.1 Å². The highest BCUT2D eigenvalue weighted by Gasteiger charge is 2.14. The molecule has 30 heavy (non-hydrogen) atoms. The highest BCUT2D eigenvalue weighted by molar-refractivity contribution is 7.99. The van der Waals surface area contributed by atoms with Gasteiger partial charge in [0.25, 0.3) is 0 Å². The van der Waals surface area contributed by atoms with Crippen molar-refractivity contribution in [3.8, 4) is 0 Å². The van der Waals surface area contributed by atoms with Crippen LogP contribution >= 0.6 is 23.1 Å². The fourth-order valence-electron chi connectivity index (χ4n) is 2.69. The van der Waals surface area contributed by atoms with Crippen LogP contribution in [0.2, 0.25) is 0 Å². The number of hydrogen-bond donors (Lipinski definition) is 0. The summed E-state index contributed by atoms with van der Waals surface area (Å²) in [6.45, 7) is -0.0844. The van der Waals surface area contributed by atoms with E-state index in [1.807, 2.05) is 30.3 Å². The Morgan fingerprint density at radius 1 is 1.07 bits per heavy atom. The van der Waals surface area contributed by atoms with Crippen LogP contribution in [-0.4, -0.2) is 42.4 Å². The molecule has 7 nitrogen and oxygen atoms in total. The number of carbonyl (C=O) groups is 3. The zero-order valence-electron chi connectivity index (χ0n) is 16.5. The molecule has 9 heteroatoms. The van der Waals surface area contributed by atoms with Crippen molar-refractivity contribution in [2.24, 2.45) is 4.99 Å². The fourth-order valence-corrected chi connectivity index (χ4v) is 4.63. The molecule has 0 fully saturated rings. The molecular formula is C21H20N2O5S2. The molecule has 0 aliphatic rings. The van der Waals surface area contributed by atoms with E-state index in [-0.39, 0.29) is 18.9 Å². The van der Waals surface area contributed by atoms with E-state index in [0.29, 0.717) is 26.3 Å². The zero-order chi connectivity index (χ0) is 21.5. The number of nitrogens with zero attached hydrogens (tertiary/aromatic N) is 2. The van der Waals surface area contributed by atoms with Gasteiger partial charge in [-0.1, -0.05) is 29.5 Å². The summed E-state index contributed by atoms with van der Waals surface area (Å²) in [6.07, 6.45) is 0.263. The highest BCUT2D eigenvalue weighted by atomic mass is 32.2. The monoisotopic (exact) mass is 444 g/mol. The molecule has 0 atom stereocenters. The molecule has 156 valence electrons. The van der Waals surface area contributed by atoms with E-state index in [4.69, 9.17) is 9.47 Å². The van der Waals surface area contributed by atoms with E-state index in [1.54, 1.807) is 34.5 Å². The normalized spacial score (nSPS) is 11.5. The van der Waals surface area contributed by atoms with Crippen LogP contribution in [0.1, 0.15) is 16.8 Å². The average Bonchev–Trinajstić information content (AvgIpc) is 3.09. The Hall–Kier alpha value is -2.91. The van der Waals surface area contributed by atoms with Crippen molar-refractivity contribution in [1.29, 1.82) is 0 Å². The first-order valence-corrected chi connectivity index (χ1v) is 10.9. The van der Waals surface area contributed by atoms with Crippen molar-refractivity contribution in [2.45, 2.75) is 17.9 Å². The van der Waals surface area contributed by atoms with E-state index in [9.17, 15) is 14.4 Å². The maximum absolute atomic E-state index is 12.4. The standard InChI is InChI=1S/C21H20N2O5S2/c1-27-19(25)13-23-16-9-8-14(20(26)28-2)12-17(16)30-21(23)22-18(24)10-11-29-15-6-4-3-5-7-15/h3-9,12H,10-11,13H2,1-2H3. The van der Waals surface area contributed by atoms with Gasteiger partial charge in [0.2, 0.25) is 5.91 Å². The first kappa shape index (κ1) is 21.8. The third-order valence-electron chi connectivity index (χ3n) is 4.17. The van der Waals surface area contributed by atoms with Crippen LogP contribution < -0.4 is 4.80 Å². The van der Waals surface area contributed by atoms with Crippen molar-refractivity contribution in [3.05, 3.63) is 58.9 Å². The lowest BCUT2D eigenvalue weighted by atomic mass is 10.2.